The zero-order valence-electron chi connectivity index (χ0n) is 14.8. The minimum absolute atomic E-state index is 0.490. The first-order valence-corrected chi connectivity index (χ1v) is 10.9. The molecule has 0 saturated heterocycles. The van der Waals surface area contributed by atoms with E-state index in [9.17, 15) is 0 Å². The molecule has 2 aliphatic carbocycles. The topological polar surface area (TPSA) is 0 Å². The Hall–Kier alpha value is -2.17. The van der Waals surface area contributed by atoms with Gasteiger partial charge in [0, 0.05) is 0 Å². The second kappa shape index (κ2) is 6.86. The lowest BCUT2D eigenvalue weighted by atomic mass is 9.87. The fraction of sp³-hybridized carbons (Fsp3) is 0.200. The standard InChI is InChI=1S/C25H23P/c1-3-7-22(8-4-1)26(23-9-5-2-6-10-23)24-15-13-20(14-16-24)25-18-19-11-12-21(25)17-19/h1-16,19,21,25H,17-18H2/t19-,21?,25+/m0/s1. The van der Waals surface area contributed by atoms with Crippen molar-refractivity contribution >= 4 is 23.8 Å². The summed E-state index contributed by atoms with van der Waals surface area (Å²) in [5, 5.41) is 4.29. The molecule has 0 radical (unpaired) electrons. The Morgan fingerprint density at radius 2 is 1.15 bits per heavy atom. The normalized spacial score (nSPS) is 23.7. The van der Waals surface area contributed by atoms with E-state index in [1.165, 1.54) is 34.3 Å². The average molecular weight is 354 g/mol. The van der Waals surface area contributed by atoms with Crippen LogP contribution >= 0.6 is 7.92 Å². The van der Waals surface area contributed by atoms with E-state index in [0.29, 0.717) is 0 Å². The molecule has 1 unspecified atom stereocenters. The molecule has 26 heavy (non-hydrogen) atoms. The summed E-state index contributed by atoms with van der Waals surface area (Å²) in [4.78, 5) is 0. The molecule has 0 nitrogen and oxygen atoms in total. The van der Waals surface area contributed by atoms with Gasteiger partial charge in [-0.3, -0.25) is 0 Å². The summed E-state index contributed by atoms with van der Waals surface area (Å²) in [6.45, 7) is 0. The number of hydrogen-bond donors (Lipinski definition) is 0. The lowest BCUT2D eigenvalue weighted by Crippen LogP contribution is -2.20. The Labute approximate surface area is 157 Å². The maximum Gasteiger partial charge on any atom is -0.00932 e. The molecule has 3 aromatic carbocycles. The van der Waals surface area contributed by atoms with Crippen LogP contribution in [0.25, 0.3) is 0 Å². The zero-order chi connectivity index (χ0) is 17.3. The van der Waals surface area contributed by atoms with Crippen molar-refractivity contribution in [2.75, 3.05) is 0 Å². The monoisotopic (exact) mass is 354 g/mol. The van der Waals surface area contributed by atoms with Crippen molar-refractivity contribution in [2.45, 2.75) is 18.8 Å². The molecule has 5 rings (SSSR count). The third-order valence-electron chi connectivity index (χ3n) is 5.89. The molecule has 128 valence electrons. The summed E-state index contributed by atoms with van der Waals surface area (Å²) in [6, 6.07) is 31.5. The van der Waals surface area contributed by atoms with Gasteiger partial charge in [-0.05, 0) is 60.0 Å². The van der Waals surface area contributed by atoms with E-state index in [4.69, 9.17) is 0 Å². The van der Waals surface area contributed by atoms with Gasteiger partial charge in [-0.25, -0.2) is 0 Å². The van der Waals surface area contributed by atoms with Gasteiger partial charge < -0.3 is 0 Å². The zero-order valence-corrected chi connectivity index (χ0v) is 15.7. The van der Waals surface area contributed by atoms with Crippen LogP contribution in [0.2, 0.25) is 0 Å². The van der Waals surface area contributed by atoms with Gasteiger partial charge in [-0.15, -0.1) is 0 Å². The molecule has 2 bridgehead atoms. The van der Waals surface area contributed by atoms with Crippen molar-refractivity contribution in [1.29, 1.82) is 0 Å². The van der Waals surface area contributed by atoms with Crippen molar-refractivity contribution in [1.82, 2.24) is 0 Å². The fourth-order valence-electron chi connectivity index (χ4n) is 4.64. The molecule has 0 aliphatic heterocycles. The van der Waals surface area contributed by atoms with Crippen LogP contribution in [0.3, 0.4) is 0 Å². The Balaban J connectivity index is 1.50. The molecular weight excluding hydrogens is 331 g/mol. The average Bonchev–Trinajstić information content (AvgIpc) is 3.34. The predicted molar refractivity (Wildman–Crippen MR) is 113 cm³/mol. The van der Waals surface area contributed by atoms with Crippen molar-refractivity contribution in [3.8, 4) is 0 Å². The molecule has 1 saturated carbocycles. The summed E-state index contributed by atoms with van der Waals surface area (Å²) in [7, 11) is -0.490. The largest absolute Gasteiger partial charge is 0.0851 e. The van der Waals surface area contributed by atoms with Crippen LogP contribution in [-0.2, 0) is 0 Å². The highest BCUT2D eigenvalue weighted by Crippen LogP contribution is 2.48. The van der Waals surface area contributed by atoms with Crippen LogP contribution in [0.1, 0.15) is 24.3 Å². The summed E-state index contributed by atoms with van der Waals surface area (Å²) < 4.78 is 0. The summed E-state index contributed by atoms with van der Waals surface area (Å²) in [6.07, 6.45) is 7.59. The predicted octanol–water partition coefficient (Wildman–Crippen LogP) is 5.12. The highest BCUT2D eigenvalue weighted by Gasteiger charge is 2.36. The minimum atomic E-state index is -0.490. The van der Waals surface area contributed by atoms with Gasteiger partial charge in [0.1, 0.15) is 0 Å². The maximum absolute atomic E-state index is 2.45. The van der Waals surface area contributed by atoms with Gasteiger partial charge in [0.05, 0.1) is 0 Å². The van der Waals surface area contributed by atoms with Crippen LogP contribution in [-0.4, -0.2) is 0 Å². The Morgan fingerprint density at radius 1 is 0.577 bits per heavy atom. The number of fused-ring (bicyclic) bond motifs is 2. The summed E-state index contributed by atoms with van der Waals surface area (Å²) in [5.74, 6) is 2.34. The molecule has 0 N–H and O–H groups in total. The lowest BCUT2D eigenvalue weighted by molar-refractivity contribution is 0.586. The van der Waals surface area contributed by atoms with E-state index in [2.05, 4.69) is 97.1 Å². The molecule has 2 aliphatic rings. The van der Waals surface area contributed by atoms with E-state index in [-0.39, 0.29) is 0 Å². The number of rotatable bonds is 4. The lowest BCUT2D eigenvalue weighted by Gasteiger charge is -2.22. The van der Waals surface area contributed by atoms with Crippen molar-refractivity contribution in [3.05, 3.63) is 103 Å². The van der Waals surface area contributed by atoms with Crippen LogP contribution in [0.5, 0.6) is 0 Å². The first kappa shape index (κ1) is 16.0. The molecular formula is C25H23P. The molecule has 1 heteroatoms. The van der Waals surface area contributed by atoms with Crippen LogP contribution in [0.4, 0.5) is 0 Å². The molecule has 0 amide bonds. The third-order valence-corrected chi connectivity index (χ3v) is 8.33. The van der Waals surface area contributed by atoms with Gasteiger partial charge in [-0.2, -0.15) is 0 Å². The molecule has 0 aromatic heterocycles. The fourth-order valence-corrected chi connectivity index (χ4v) is 6.92. The van der Waals surface area contributed by atoms with E-state index in [1.807, 2.05) is 0 Å². The van der Waals surface area contributed by atoms with E-state index in [0.717, 1.165) is 17.8 Å². The first-order chi connectivity index (χ1) is 12.9. The van der Waals surface area contributed by atoms with Crippen LogP contribution < -0.4 is 15.9 Å². The quantitative estimate of drug-likeness (QED) is 0.450. The number of allylic oxidation sites excluding steroid dienone is 2. The maximum atomic E-state index is 2.45. The SMILES string of the molecule is C1=C[C@H]2CC1[C@@H](c1ccc(P(c3ccccc3)c3ccccc3)cc1)C2. The van der Waals surface area contributed by atoms with E-state index >= 15 is 0 Å². The van der Waals surface area contributed by atoms with Gasteiger partial charge in [0.2, 0.25) is 0 Å². The molecule has 1 fully saturated rings. The second-order valence-electron chi connectivity index (χ2n) is 7.48. The summed E-state index contributed by atoms with van der Waals surface area (Å²) in [5.41, 5.74) is 1.53. The van der Waals surface area contributed by atoms with Gasteiger partial charge in [0.25, 0.3) is 0 Å². The Morgan fingerprint density at radius 3 is 1.65 bits per heavy atom. The molecule has 0 heterocycles. The molecule has 3 atom stereocenters. The van der Waals surface area contributed by atoms with Crippen molar-refractivity contribution in [2.24, 2.45) is 11.8 Å². The van der Waals surface area contributed by atoms with Gasteiger partial charge in [-0.1, -0.05) is 97.1 Å². The smallest absolute Gasteiger partial charge is 0.00932 e. The van der Waals surface area contributed by atoms with Gasteiger partial charge in [0.15, 0.2) is 0 Å². The second-order valence-corrected chi connectivity index (χ2v) is 9.70. The van der Waals surface area contributed by atoms with Gasteiger partial charge >= 0.3 is 0 Å². The van der Waals surface area contributed by atoms with Crippen molar-refractivity contribution < 1.29 is 0 Å². The minimum Gasteiger partial charge on any atom is -0.0851 e. The first-order valence-electron chi connectivity index (χ1n) is 9.57. The Bertz CT molecular complexity index is 856. The molecule has 0 spiro atoms. The Kier molecular flexibility index (Phi) is 4.23. The number of benzene rings is 3. The summed E-state index contributed by atoms with van der Waals surface area (Å²) >= 11 is 0. The van der Waals surface area contributed by atoms with Crippen LogP contribution in [0.15, 0.2) is 97.1 Å². The van der Waals surface area contributed by atoms with Crippen LogP contribution in [0, 0.1) is 11.8 Å². The third kappa shape index (κ3) is 2.93. The number of hydrogen-bond acceptors (Lipinski definition) is 0. The van der Waals surface area contributed by atoms with E-state index < -0.39 is 7.92 Å². The highest BCUT2D eigenvalue weighted by molar-refractivity contribution is 7.79. The highest BCUT2D eigenvalue weighted by atomic mass is 31.1. The van der Waals surface area contributed by atoms with E-state index in [1.54, 1.807) is 0 Å². The van der Waals surface area contributed by atoms with Crippen molar-refractivity contribution in [3.63, 3.8) is 0 Å². The molecule has 3 aromatic rings.